The van der Waals surface area contributed by atoms with E-state index in [4.69, 9.17) is 0 Å². The minimum Gasteiger partial charge on any atom is -0.326 e. The van der Waals surface area contributed by atoms with E-state index >= 15 is 0 Å². The number of benzene rings is 2. The number of fused-ring (bicyclic) bond motifs is 1. The molecule has 0 unspecified atom stereocenters. The quantitative estimate of drug-likeness (QED) is 0.640. The highest BCUT2D eigenvalue weighted by Gasteiger charge is 2.18. The van der Waals surface area contributed by atoms with Gasteiger partial charge in [0.2, 0.25) is 15.9 Å². The van der Waals surface area contributed by atoms with Gasteiger partial charge in [0.15, 0.2) is 0 Å². The van der Waals surface area contributed by atoms with E-state index < -0.39 is 10.0 Å². The summed E-state index contributed by atoms with van der Waals surface area (Å²) in [7, 11) is -0.549. The maximum Gasteiger partial charge on any atom is 0.242 e. The molecule has 0 saturated carbocycles. The monoisotopic (exact) mass is 415 g/mol. The molecule has 9 heteroatoms. The molecular formula is C20H25N5O3S. The largest absolute Gasteiger partial charge is 0.326 e. The van der Waals surface area contributed by atoms with Gasteiger partial charge in [-0.15, -0.1) is 5.10 Å². The summed E-state index contributed by atoms with van der Waals surface area (Å²) >= 11 is 0. The standard InChI is InChI=1S/C20H25N5O3S/c1-14-7-5-8-17(15(14)2)21-20(26)9-6-12-25-19-11-10-16(13-18(19)22-23-25)29(27,28)24(3)4/h5,7-8,10-11,13H,6,9,12H2,1-4H3,(H,21,26). The average molecular weight is 416 g/mol. The zero-order valence-corrected chi connectivity index (χ0v) is 17.8. The first-order chi connectivity index (χ1) is 13.7. The number of rotatable bonds is 7. The summed E-state index contributed by atoms with van der Waals surface area (Å²) in [5.41, 5.74) is 4.26. The summed E-state index contributed by atoms with van der Waals surface area (Å²) in [6.07, 6.45) is 0.939. The molecule has 154 valence electrons. The third-order valence-electron chi connectivity index (χ3n) is 4.92. The summed E-state index contributed by atoms with van der Waals surface area (Å²) in [5, 5.41) is 11.1. The summed E-state index contributed by atoms with van der Waals surface area (Å²) in [4.78, 5) is 12.4. The second kappa shape index (κ2) is 8.30. The van der Waals surface area contributed by atoms with Crippen molar-refractivity contribution >= 4 is 32.7 Å². The molecule has 0 aliphatic rings. The number of aryl methyl sites for hydroxylation is 2. The fraction of sp³-hybridized carbons (Fsp3) is 0.350. The van der Waals surface area contributed by atoms with Gasteiger partial charge in [-0.1, -0.05) is 17.3 Å². The molecule has 29 heavy (non-hydrogen) atoms. The van der Waals surface area contributed by atoms with Crippen molar-refractivity contribution in [3.05, 3.63) is 47.5 Å². The van der Waals surface area contributed by atoms with Gasteiger partial charge in [0, 0.05) is 32.7 Å². The molecule has 3 rings (SSSR count). The van der Waals surface area contributed by atoms with E-state index in [0.29, 0.717) is 24.9 Å². The average Bonchev–Trinajstić information content (AvgIpc) is 3.07. The van der Waals surface area contributed by atoms with Crippen LogP contribution in [0.15, 0.2) is 41.3 Å². The Bertz CT molecular complexity index is 1150. The molecular weight excluding hydrogens is 390 g/mol. The van der Waals surface area contributed by atoms with E-state index in [1.165, 1.54) is 20.2 Å². The first kappa shape index (κ1) is 20.9. The van der Waals surface area contributed by atoms with Gasteiger partial charge < -0.3 is 5.32 Å². The minimum atomic E-state index is -3.52. The number of hydrogen-bond acceptors (Lipinski definition) is 5. The lowest BCUT2D eigenvalue weighted by Gasteiger charge is -2.11. The highest BCUT2D eigenvalue weighted by Crippen LogP contribution is 2.20. The molecule has 0 aliphatic carbocycles. The van der Waals surface area contributed by atoms with Gasteiger partial charge in [-0.3, -0.25) is 4.79 Å². The van der Waals surface area contributed by atoms with E-state index in [2.05, 4.69) is 15.6 Å². The number of aromatic nitrogens is 3. The van der Waals surface area contributed by atoms with E-state index in [-0.39, 0.29) is 10.8 Å². The number of carbonyl (C=O) groups excluding carboxylic acids is 1. The van der Waals surface area contributed by atoms with Crippen LogP contribution in [0, 0.1) is 13.8 Å². The summed E-state index contributed by atoms with van der Waals surface area (Å²) < 4.78 is 27.3. The summed E-state index contributed by atoms with van der Waals surface area (Å²) in [5.74, 6) is -0.0533. The number of sulfonamides is 1. The number of amides is 1. The van der Waals surface area contributed by atoms with Crippen LogP contribution in [-0.4, -0.2) is 47.7 Å². The van der Waals surface area contributed by atoms with Crippen molar-refractivity contribution in [3.63, 3.8) is 0 Å². The van der Waals surface area contributed by atoms with Crippen molar-refractivity contribution in [1.29, 1.82) is 0 Å². The molecule has 0 radical (unpaired) electrons. The van der Waals surface area contributed by atoms with Crippen molar-refractivity contribution in [2.45, 2.75) is 38.1 Å². The Balaban J connectivity index is 1.64. The first-order valence-corrected chi connectivity index (χ1v) is 10.8. The Kier molecular flexibility index (Phi) is 5.99. The molecule has 8 nitrogen and oxygen atoms in total. The second-order valence-corrected chi connectivity index (χ2v) is 9.30. The molecule has 1 aromatic heterocycles. The highest BCUT2D eigenvalue weighted by atomic mass is 32.2. The number of anilines is 1. The van der Waals surface area contributed by atoms with Crippen LogP contribution in [0.4, 0.5) is 5.69 Å². The fourth-order valence-electron chi connectivity index (χ4n) is 2.98. The van der Waals surface area contributed by atoms with Gasteiger partial charge in [0.1, 0.15) is 5.52 Å². The summed E-state index contributed by atoms with van der Waals surface area (Å²) in [6.45, 7) is 4.50. The molecule has 1 N–H and O–H groups in total. The Morgan fingerprint density at radius 2 is 1.93 bits per heavy atom. The lowest BCUT2D eigenvalue weighted by molar-refractivity contribution is -0.116. The molecule has 0 atom stereocenters. The van der Waals surface area contributed by atoms with E-state index in [1.54, 1.807) is 16.8 Å². The Labute approximate surface area is 170 Å². The van der Waals surface area contributed by atoms with Crippen LogP contribution in [0.1, 0.15) is 24.0 Å². The van der Waals surface area contributed by atoms with Crippen LogP contribution in [0.3, 0.4) is 0 Å². The normalized spacial score (nSPS) is 11.9. The van der Waals surface area contributed by atoms with Crippen LogP contribution in [-0.2, 0) is 21.4 Å². The predicted molar refractivity (Wildman–Crippen MR) is 112 cm³/mol. The van der Waals surface area contributed by atoms with Crippen LogP contribution < -0.4 is 5.32 Å². The molecule has 2 aromatic carbocycles. The number of carbonyl (C=O) groups is 1. The zero-order valence-electron chi connectivity index (χ0n) is 17.0. The number of hydrogen-bond donors (Lipinski definition) is 1. The molecule has 0 spiro atoms. The number of nitrogens with one attached hydrogen (secondary N) is 1. The molecule has 0 bridgehead atoms. The Hall–Kier alpha value is -2.78. The maximum atomic E-state index is 12.3. The maximum absolute atomic E-state index is 12.3. The molecule has 0 aliphatic heterocycles. The van der Waals surface area contributed by atoms with Crippen molar-refractivity contribution in [2.75, 3.05) is 19.4 Å². The van der Waals surface area contributed by atoms with E-state index in [0.717, 1.165) is 26.6 Å². The van der Waals surface area contributed by atoms with Gasteiger partial charge >= 0.3 is 0 Å². The molecule has 0 fully saturated rings. The van der Waals surface area contributed by atoms with Gasteiger partial charge in [0.25, 0.3) is 0 Å². The molecule has 0 saturated heterocycles. The second-order valence-electron chi connectivity index (χ2n) is 7.15. The smallest absolute Gasteiger partial charge is 0.242 e. The van der Waals surface area contributed by atoms with Crippen LogP contribution in [0.2, 0.25) is 0 Å². The molecule has 1 amide bonds. The van der Waals surface area contributed by atoms with Crippen molar-refractivity contribution in [2.24, 2.45) is 0 Å². The third kappa shape index (κ3) is 4.46. The van der Waals surface area contributed by atoms with Crippen LogP contribution in [0.5, 0.6) is 0 Å². The minimum absolute atomic E-state index is 0.0533. The van der Waals surface area contributed by atoms with Gasteiger partial charge in [-0.2, -0.15) is 0 Å². The van der Waals surface area contributed by atoms with Crippen molar-refractivity contribution in [1.82, 2.24) is 19.3 Å². The van der Waals surface area contributed by atoms with Gasteiger partial charge in [-0.25, -0.2) is 17.4 Å². The van der Waals surface area contributed by atoms with E-state index in [1.807, 2.05) is 32.0 Å². The Morgan fingerprint density at radius 3 is 2.66 bits per heavy atom. The zero-order chi connectivity index (χ0) is 21.2. The van der Waals surface area contributed by atoms with E-state index in [9.17, 15) is 13.2 Å². The first-order valence-electron chi connectivity index (χ1n) is 9.32. The topological polar surface area (TPSA) is 97.2 Å². The lowest BCUT2D eigenvalue weighted by atomic mass is 10.1. The number of nitrogens with zero attached hydrogens (tertiary/aromatic N) is 4. The highest BCUT2D eigenvalue weighted by molar-refractivity contribution is 7.89. The van der Waals surface area contributed by atoms with Crippen molar-refractivity contribution < 1.29 is 13.2 Å². The molecule has 1 heterocycles. The predicted octanol–water partition coefficient (Wildman–Crippen LogP) is 2.72. The lowest BCUT2D eigenvalue weighted by Crippen LogP contribution is -2.22. The SMILES string of the molecule is Cc1cccc(NC(=O)CCCn2nnc3cc(S(=O)(=O)N(C)C)ccc32)c1C. The summed E-state index contributed by atoms with van der Waals surface area (Å²) in [6, 6.07) is 10.6. The third-order valence-corrected chi connectivity index (χ3v) is 6.73. The molecule has 3 aromatic rings. The van der Waals surface area contributed by atoms with Crippen LogP contribution in [0.25, 0.3) is 11.0 Å². The van der Waals surface area contributed by atoms with Gasteiger partial charge in [-0.05, 0) is 55.7 Å². The Morgan fingerprint density at radius 1 is 1.17 bits per heavy atom. The van der Waals surface area contributed by atoms with Crippen LogP contribution >= 0.6 is 0 Å². The fourth-order valence-corrected chi connectivity index (χ4v) is 3.90. The van der Waals surface area contributed by atoms with Crippen molar-refractivity contribution in [3.8, 4) is 0 Å². The van der Waals surface area contributed by atoms with Gasteiger partial charge in [0.05, 0.1) is 10.4 Å².